The zero-order valence-electron chi connectivity index (χ0n) is 16.0. The van der Waals surface area contributed by atoms with Crippen LogP contribution in [0.1, 0.15) is 36.0 Å². The van der Waals surface area contributed by atoms with Crippen molar-refractivity contribution in [2.45, 2.75) is 42.7 Å². The molecule has 0 unspecified atom stereocenters. The molecule has 0 atom stereocenters. The average molecular weight is 434 g/mol. The van der Waals surface area contributed by atoms with E-state index in [0.717, 1.165) is 32.0 Å². The summed E-state index contributed by atoms with van der Waals surface area (Å²) in [5, 5.41) is 3.46. The number of nitrogens with one attached hydrogen (secondary N) is 2. The molecule has 1 amide bonds. The van der Waals surface area contributed by atoms with Gasteiger partial charge in [0.25, 0.3) is 5.91 Å². The highest BCUT2D eigenvalue weighted by atomic mass is 35.5. The molecule has 0 bridgehead atoms. The van der Waals surface area contributed by atoms with Gasteiger partial charge in [0.2, 0.25) is 0 Å². The highest BCUT2D eigenvalue weighted by Crippen LogP contribution is 2.29. The Morgan fingerprint density at radius 1 is 1.03 bits per heavy atom. The molecule has 0 radical (unpaired) electrons. The van der Waals surface area contributed by atoms with E-state index in [2.05, 4.69) is 10.0 Å². The van der Waals surface area contributed by atoms with E-state index in [1.165, 1.54) is 31.0 Å². The monoisotopic (exact) mass is 433 g/mol. The molecular weight excluding hydrogens is 410 g/mol. The maximum atomic E-state index is 12.7. The smallest absolute Gasteiger partial charge is 0.251 e. The maximum absolute atomic E-state index is 12.7. The molecule has 2 aromatic carbocycles. The number of piperidine rings is 1. The Labute approximate surface area is 176 Å². The van der Waals surface area contributed by atoms with Gasteiger partial charge < -0.3 is 14.9 Å². The highest BCUT2D eigenvalue weighted by Gasteiger charge is 2.36. The number of rotatable bonds is 6. The number of carbonyl (C=O) groups is 1. The molecular formula is C21H24ClN3O3S. The molecule has 0 spiro atoms. The van der Waals surface area contributed by atoms with Crippen LogP contribution in [0.5, 0.6) is 0 Å². The lowest BCUT2D eigenvalue weighted by molar-refractivity contribution is -0.916. The number of hydrogen-bond donors (Lipinski definition) is 2. The van der Waals surface area contributed by atoms with Crippen molar-refractivity contribution in [3.8, 4) is 0 Å². The molecule has 1 saturated heterocycles. The topological polar surface area (TPSA) is 81.8 Å². The van der Waals surface area contributed by atoms with Crippen molar-refractivity contribution in [3.05, 3.63) is 63.8 Å². The Balaban J connectivity index is 1.41. The molecule has 154 valence electrons. The van der Waals surface area contributed by atoms with Crippen LogP contribution in [-0.4, -0.2) is 39.5 Å². The molecule has 0 aromatic heterocycles. The molecule has 29 heavy (non-hydrogen) atoms. The summed E-state index contributed by atoms with van der Waals surface area (Å²) in [7, 11) is -3.95. The van der Waals surface area contributed by atoms with Crippen LogP contribution < -0.4 is 10.2 Å². The zero-order chi connectivity index (χ0) is 20.4. The lowest BCUT2D eigenvalue weighted by Gasteiger charge is -2.30. The van der Waals surface area contributed by atoms with Crippen molar-refractivity contribution in [1.82, 2.24) is 5.32 Å². The van der Waals surface area contributed by atoms with Crippen molar-refractivity contribution < 1.29 is 18.1 Å². The fourth-order valence-corrected chi connectivity index (χ4v) is 5.03. The van der Waals surface area contributed by atoms with Gasteiger partial charge in [-0.3, -0.25) is 4.79 Å². The molecule has 6 nitrogen and oxygen atoms in total. The van der Waals surface area contributed by atoms with Crippen LogP contribution in [0.4, 0.5) is 5.69 Å². The normalized spacial score (nSPS) is 22.1. The zero-order valence-corrected chi connectivity index (χ0v) is 17.5. The van der Waals surface area contributed by atoms with Gasteiger partial charge in [-0.15, -0.1) is 5.69 Å². The van der Waals surface area contributed by atoms with Gasteiger partial charge in [0.05, 0.1) is 24.0 Å². The number of hydrogen-bond acceptors (Lipinski definition) is 3. The van der Waals surface area contributed by atoms with Crippen molar-refractivity contribution in [1.29, 1.82) is 0 Å². The number of likely N-dealkylation sites (tertiary alicyclic amines) is 1. The van der Waals surface area contributed by atoms with Gasteiger partial charge in [0.15, 0.2) is 0 Å². The van der Waals surface area contributed by atoms with Crippen molar-refractivity contribution in [2.24, 2.45) is 0 Å². The van der Waals surface area contributed by atoms with Crippen molar-refractivity contribution >= 4 is 33.2 Å². The Morgan fingerprint density at radius 2 is 1.76 bits per heavy atom. The Bertz CT molecular complexity index is 1000. The molecule has 1 aliphatic heterocycles. The molecule has 8 heteroatoms. The maximum Gasteiger partial charge on any atom is 0.251 e. The van der Waals surface area contributed by atoms with Crippen LogP contribution in [-0.2, 0) is 10.0 Å². The minimum absolute atomic E-state index is 0.0156. The van der Waals surface area contributed by atoms with E-state index in [1.807, 2.05) is 0 Å². The number of sulfonamides is 1. The summed E-state index contributed by atoms with van der Waals surface area (Å²) in [5.74, 6) is -0.246. The number of nitrogens with zero attached hydrogens (tertiary/aromatic N) is 1. The standard InChI is InChI=1S/C21H23ClN3O3S/c22-16-4-2-5-18(14-16)24-29(27,28)20-6-1-3-15(13-20)21(26)23-17-9-11-25(12-10-17)19-7-8-19/h1-6,13-14,17,19H,7-12H2,(H,23,26)/q-1/p+1. The van der Waals surface area contributed by atoms with Crippen molar-refractivity contribution in [2.75, 3.05) is 13.1 Å². The van der Waals surface area contributed by atoms with Crippen molar-refractivity contribution in [3.63, 3.8) is 0 Å². The molecule has 1 aliphatic carbocycles. The van der Waals surface area contributed by atoms with E-state index >= 15 is 0 Å². The van der Waals surface area contributed by atoms with Gasteiger partial charge in [0.1, 0.15) is 10.0 Å². The number of amides is 1. The van der Waals surface area contributed by atoms with Crippen LogP contribution in [0.25, 0.3) is 4.72 Å². The summed E-state index contributed by atoms with van der Waals surface area (Å²) < 4.78 is 29.1. The molecule has 1 heterocycles. The van der Waals surface area contributed by atoms with Gasteiger partial charge in [-0.2, -0.15) is 0 Å². The molecule has 4 rings (SSSR count). The van der Waals surface area contributed by atoms with Crippen LogP contribution >= 0.6 is 11.6 Å². The third-order valence-electron chi connectivity index (χ3n) is 5.55. The van der Waals surface area contributed by atoms with E-state index in [-0.39, 0.29) is 22.5 Å². The second kappa shape index (κ2) is 8.34. The predicted octanol–water partition coefficient (Wildman–Crippen LogP) is 2.67. The summed E-state index contributed by atoms with van der Waals surface area (Å²) >= 11 is 5.90. The van der Waals surface area contributed by atoms with Crippen LogP contribution in [0, 0.1) is 0 Å². The Hall–Kier alpha value is -2.09. The van der Waals surface area contributed by atoms with Gasteiger partial charge in [-0.1, -0.05) is 35.9 Å². The van der Waals surface area contributed by atoms with Crippen LogP contribution in [0.15, 0.2) is 53.4 Å². The Kier molecular flexibility index (Phi) is 5.81. The highest BCUT2D eigenvalue weighted by molar-refractivity contribution is 7.94. The third-order valence-corrected chi connectivity index (χ3v) is 7.08. The first-order valence-electron chi connectivity index (χ1n) is 9.90. The van der Waals surface area contributed by atoms with E-state index in [4.69, 9.17) is 11.6 Å². The summed E-state index contributed by atoms with van der Waals surface area (Å²) in [6.45, 7) is 2.17. The average Bonchev–Trinajstić information content (AvgIpc) is 3.54. The molecule has 2 fully saturated rings. The SMILES string of the molecule is O=C(NC1CC[NH+](C2CC2)CC1)c1cccc(S(=O)(=O)[N-]c2cccc(Cl)c2)c1. The first-order chi connectivity index (χ1) is 13.9. The third kappa shape index (κ3) is 5.10. The largest absolute Gasteiger partial charge is 0.573 e. The minimum atomic E-state index is -3.95. The number of quaternary nitrogens is 1. The summed E-state index contributed by atoms with van der Waals surface area (Å²) in [6.07, 6.45) is 4.57. The van der Waals surface area contributed by atoms with E-state index in [0.29, 0.717) is 10.6 Å². The quantitative estimate of drug-likeness (QED) is 0.734. The fraction of sp³-hybridized carbons (Fsp3) is 0.381. The van der Waals surface area contributed by atoms with E-state index in [9.17, 15) is 13.2 Å². The minimum Gasteiger partial charge on any atom is -0.573 e. The first-order valence-corrected chi connectivity index (χ1v) is 11.7. The van der Waals surface area contributed by atoms with Gasteiger partial charge in [-0.25, -0.2) is 8.42 Å². The van der Waals surface area contributed by atoms with Gasteiger partial charge in [0, 0.05) is 42.3 Å². The summed E-state index contributed by atoms with van der Waals surface area (Å²) in [4.78, 5) is 14.3. The van der Waals surface area contributed by atoms with Crippen LogP contribution in [0.2, 0.25) is 5.02 Å². The first kappa shape index (κ1) is 20.2. The summed E-state index contributed by atoms with van der Waals surface area (Å²) in [5.41, 5.74) is 0.571. The predicted molar refractivity (Wildman–Crippen MR) is 112 cm³/mol. The number of carbonyl (C=O) groups excluding carboxylic acids is 1. The number of halogens is 1. The second-order valence-corrected chi connectivity index (χ2v) is 9.79. The lowest BCUT2D eigenvalue weighted by Crippen LogP contribution is -3.14. The van der Waals surface area contributed by atoms with E-state index in [1.54, 1.807) is 35.2 Å². The number of benzene rings is 2. The van der Waals surface area contributed by atoms with E-state index < -0.39 is 10.0 Å². The lowest BCUT2D eigenvalue weighted by atomic mass is 10.0. The van der Waals surface area contributed by atoms with Gasteiger partial charge >= 0.3 is 0 Å². The molecule has 2 N–H and O–H groups in total. The molecule has 2 aromatic rings. The van der Waals surface area contributed by atoms with Gasteiger partial charge in [-0.05, 0) is 24.3 Å². The van der Waals surface area contributed by atoms with Crippen LogP contribution in [0.3, 0.4) is 0 Å². The Morgan fingerprint density at radius 3 is 2.45 bits per heavy atom. The second-order valence-electron chi connectivity index (χ2n) is 7.75. The summed E-state index contributed by atoms with van der Waals surface area (Å²) in [6, 6.07) is 13.3. The fourth-order valence-electron chi connectivity index (χ4n) is 3.82. The molecule has 2 aliphatic rings. The molecule has 1 saturated carbocycles.